The van der Waals surface area contributed by atoms with Crippen molar-refractivity contribution >= 4 is 27.8 Å². The summed E-state index contributed by atoms with van der Waals surface area (Å²) >= 11 is 0. The Kier molecular flexibility index (Phi) is 5.52. The van der Waals surface area contributed by atoms with E-state index < -0.39 is 6.61 Å². The van der Waals surface area contributed by atoms with Crippen LogP contribution in [-0.4, -0.2) is 38.9 Å². The van der Waals surface area contributed by atoms with E-state index in [0.717, 1.165) is 22.3 Å². The molecule has 0 spiro atoms. The SMILES string of the molecule is O=C1CC(c2ccc(OC(F)F)c3oc4ccncc4c23)CN1Cc1ccc(-c2cncnc2)cc1. The number of pyridine rings is 1. The molecular weight excluding hydrogens is 466 g/mol. The fourth-order valence-electron chi connectivity index (χ4n) is 4.86. The fourth-order valence-corrected chi connectivity index (χ4v) is 4.86. The number of ether oxygens (including phenoxy) is 1. The zero-order valence-corrected chi connectivity index (χ0v) is 19.0. The number of hydrogen-bond acceptors (Lipinski definition) is 6. The van der Waals surface area contributed by atoms with Crippen LogP contribution >= 0.6 is 0 Å². The minimum absolute atomic E-state index is 0.0347. The lowest BCUT2D eigenvalue weighted by atomic mass is 9.93. The van der Waals surface area contributed by atoms with Gasteiger partial charge in [0.15, 0.2) is 11.3 Å². The molecule has 9 heteroatoms. The molecule has 1 atom stereocenters. The average molecular weight is 486 g/mol. The summed E-state index contributed by atoms with van der Waals surface area (Å²) in [7, 11) is 0. The van der Waals surface area contributed by atoms with Crippen molar-refractivity contribution < 1.29 is 22.7 Å². The summed E-state index contributed by atoms with van der Waals surface area (Å²) in [6, 6.07) is 12.9. The summed E-state index contributed by atoms with van der Waals surface area (Å²) < 4.78 is 36.6. The first-order valence-electron chi connectivity index (χ1n) is 11.4. The van der Waals surface area contributed by atoms with Crippen LogP contribution < -0.4 is 4.74 Å². The van der Waals surface area contributed by atoms with Gasteiger partial charge in [-0.3, -0.25) is 9.78 Å². The molecule has 1 aliphatic rings. The second kappa shape index (κ2) is 8.99. The van der Waals surface area contributed by atoms with Crippen molar-refractivity contribution in [1.29, 1.82) is 0 Å². The second-order valence-electron chi connectivity index (χ2n) is 8.71. The van der Waals surface area contributed by atoms with Crippen molar-refractivity contribution in [1.82, 2.24) is 19.9 Å². The first-order valence-corrected chi connectivity index (χ1v) is 11.4. The quantitative estimate of drug-likeness (QED) is 0.313. The van der Waals surface area contributed by atoms with E-state index in [1.807, 2.05) is 29.2 Å². The number of benzene rings is 2. The van der Waals surface area contributed by atoms with E-state index >= 15 is 0 Å². The molecule has 0 N–H and O–H groups in total. The molecule has 0 aliphatic carbocycles. The summed E-state index contributed by atoms with van der Waals surface area (Å²) in [5.74, 6) is -0.125. The molecule has 5 aromatic rings. The number of nitrogens with zero attached hydrogens (tertiary/aromatic N) is 4. The maximum absolute atomic E-state index is 13.0. The van der Waals surface area contributed by atoms with Crippen molar-refractivity contribution in [3.8, 4) is 16.9 Å². The zero-order chi connectivity index (χ0) is 24.6. The van der Waals surface area contributed by atoms with Crippen LogP contribution in [0.1, 0.15) is 23.5 Å². The van der Waals surface area contributed by atoms with Crippen LogP contribution in [-0.2, 0) is 11.3 Å². The molecule has 180 valence electrons. The van der Waals surface area contributed by atoms with Crippen molar-refractivity contribution in [2.24, 2.45) is 0 Å². The number of amides is 1. The lowest BCUT2D eigenvalue weighted by Gasteiger charge is -2.18. The molecule has 1 aliphatic heterocycles. The zero-order valence-electron chi connectivity index (χ0n) is 19.0. The van der Waals surface area contributed by atoms with E-state index in [9.17, 15) is 13.6 Å². The van der Waals surface area contributed by atoms with Crippen molar-refractivity contribution in [3.63, 3.8) is 0 Å². The number of halogens is 2. The Bertz CT molecular complexity index is 1550. The number of hydrogen-bond donors (Lipinski definition) is 0. The molecule has 4 heterocycles. The molecule has 0 bridgehead atoms. The van der Waals surface area contributed by atoms with Gasteiger partial charge in [0.05, 0.1) is 0 Å². The molecule has 1 saturated heterocycles. The molecule has 0 radical (unpaired) electrons. The third kappa shape index (κ3) is 4.02. The van der Waals surface area contributed by atoms with Crippen LogP contribution in [0.15, 0.2) is 78.0 Å². The van der Waals surface area contributed by atoms with Gasteiger partial charge in [-0.1, -0.05) is 30.3 Å². The molecule has 2 aromatic carbocycles. The lowest BCUT2D eigenvalue weighted by Crippen LogP contribution is -2.24. The minimum Gasteiger partial charge on any atom is -0.452 e. The van der Waals surface area contributed by atoms with Gasteiger partial charge in [-0.05, 0) is 28.8 Å². The molecule has 6 rings (SSSR count). The average Bonchev–Trinajstić information content (AvgIpc) is 3.46. The number of alkyl halides is 2. The number of carbonyl (C=O) groups excluding carboxylic acids is 1. The standard InChI is InChI=1S/C27H20F2N4O3/c28-27(29)36-23-6-5-20(25-21-12-30-8-7-22(21)35-26(23)25)18-9-24(34)33(14-18)13-16-1-3-17(4-2-16)19-10-31-15-32-11-19/h1-8,10-12,15,18,27H,9,13-14H2. The van der Waals surface area contributed by atoms with E-state index in [4.69, 9.17) is 9.15 Å². The van der Waals surface area contributed by atoms with E-state index in [2.05, 4.69) is 15.0 Å². The van der Waals surface area contributed by atoms with E-state index in [1.54, 1.807) is 36.9 Å². The molecule has 7 nitrogen and oxygen atoms in total. The van der Waals surface area contributed by atoms with Crippen LogP contribution in [0.3, 0.4) is 0 Å². The summed E-state index contributed by atoms with van der Waals surface area (Å²) in [6.07, 6.45) is 8.54. The number of carbonyl (C=O) groups is 1. The second-order valence-corrected chi connectivity index (χ2v) is 8.71. The van der Waals surface area contributed by atoms with E-state index in [-0.39, 0.29) is 23.2 Å². The highest BCUT2D eigenvalue weighted by Crippen LogP contribution is 2.42. The maximum Gasteiger partial charge on any atom is 0.387 e. The monoisotopic (exact) mass is 486 g/mol. The molecule has 3 aromatic heterocycles. The Morgan fingerprint density at radius 1 is 1.00 bits per heavy atom. The Morgan fingerprint density at radius 2 is 1.81 bits per heavy atom. The first-order chi connectivity index (χ1) is 17.6. The van der Waals surface area contributed by atoms with Gasteiger partial charge >= 0.3 is 6.61 Å². The van der Waals surface area contributed by atoms with Gasteiger partial charge in [0.2, 0.25) is 5.91 Å². The molecule has 1 unspecified atom stereocenters. The van der Waals surface area contributed by atoms with Gasteiger partial charge in [0.1, 0.15) is 11.9 Å². The van der Waals surface area contributed by atoms with Gasteiger partial charge in [0.25, 0.3) is 0 Å². The largest absolute Gasteiger partial charge is 0.452 e. The molecule has 36 heavy (non-hydrogen) atoms. The van der Waals surface area contributed by atoms with Crippen molar-refractivity contribution in [2.75, 3.05) is 6.54 Å². The lowest BCUT2D eigenvalue weighted by molar-refractivity contribution is -0.128. The summed E-state index contributed by atoms with van der Waals surface area (Å²) in [6.45, 7) is -2.00. The predicted octanol–water partition coefficient (Wildman–Crippen LogP) is 5.56. The summed E-state index contributed by atoms with van der Waals surface area (Å²) in [5.41, 5.74) is 4.55. The normalized spacial score (nSPS) is 15.9. The Morgan fingerprint density at radius 3 is 2.58 bits per heavy atom. The third-order valence-corrected chi connectivity index (χ3v) is 6.51. The number of likely N-dealkylation sites (tertiary alicyclic amines) is 1. The van der Waals surface area contributed by atoms with Crippen LogP contribution in [0.2, 0.25) is 0 Å². The van der Waals surface area contributed by atoms with Gasteiger partial charge in [0, 0.05) is 66.6 Å². The topological polar surface area (TPSA) is 81.4 Å². The highest BCUT2D eigenvalue weighted by molar-refractivity contribution is 6.08. The van der Waals surface area contributed by atoms with Gasteiger partial charge < -0.3 is 14.1 Å². The maximum atomic E-state index is 13.0. The third-order valence-electron chi connectivity index (χ3n) is 6.51. The van der Waals surface area contributed by atoms with Gasteiger partial charge in [-0.2, -0.15) is 8.78 Å². The van der Waals surface area contributed by atoms with Crippen molar-refractivity contribution in [3.05, 3.63) is 84.7 Å². The minimum atomic E-state index is -2.98. The van der Waals surface area contributed by atoms with E-state index in [1.165, 1.54) is 12.4 Å². The molecule has 1 fully saturated rings. The van der Waals surface area contributed by atoms with Crippen LogP contribution in [0.25, 0.3) is 33.1 Å². The van der Waals surface area contributed by atoms with Crippen LogP contribution in [0, 0.1) is 0 Å². The molecule has 0 saturated carbocycles. The number of aromatic nitrogens is 3. The fraction of sp³-hybridized carbons (Fsp3) is 0.185. The van der Waals surface area contributed by atoms with E-state index in [0.29, 0.717) is 35.9 Å². The number of furan rings is 1. The number of fused-ring (bicyclic) bond motifs is 3. The van der Waals surface area contributed by atoms with Gasteiger partial charge in [-0.15, -0.1) is 0 Å². The number of rotatable bonds is 6. The van der Waals surface area contributed by atoms with Crippen LogP contribution in [0.4, 0.5) is 8.78 Å². The van der Waals surface area contributed by atoms with Crippen LogP contribution in [0.5, 0.6) is 5.75 Å². The highest BCUT2D eigenvalue weighted by Gasteiger charge is 2.33. The van der Waals surface area contributed by atoms with Gasteiger partial charge in [-0.25, -0.2) is 9.97 Å². The summed E-state index contributed by atoms with van der Waals surface area (Å²) in [4.78, 5) is 27.0. The Balaban J connectivity index is 1.28. The summed E-state index contributed by atoms with van der Waals surface area (Å²) in [5, 5.41) is 1.36. The predicted molar refractivity (Wildman–Crippen MR) is 128 cm³/mol. The smallest absolute Gasteiger partial charge is 0.387 e. The molecular formula is C27H20F2N4O3. The Labute approximate surface area is 204 Å². The first kappa shape index (κ1) is 22.1. The molecule has 1 amide bonds. The highest BCUT2D eigenvalue weighted by atomic mass is 19.3. The van der Waals surface area contributed by atoms with Crippen molar-refractivity contribution in [2.45, 2.75) is 25.5 Å². The Hall–Kier alpha value is -4.40.